The summed E-state index contributed by atoms with van der Waals surface area (Å²) in [5.41, 5.74) is 6.50. The molecule has 0 fully saturated rings. The monoisotopic (exact) mass is 216 g/mol. The van der Waals surface area contributed by atoms with Crippen LogP contribution in [0.2, 0.25) is 0 Å². The SMILES string of the molecule is Cl.Cl.Nc1cccc2ccncc12. The van der Waals surface area contributed by atoms with Gasteiger partial charge < -0.3 is 5.73 Å². The topological polar surface area (TPSA) is 38.9 Å². The fourth-order valence-electron chi connectivity index (χ4n) is 1.14. The Morgan fingerprint density at radius 1 is 1.08 bits per heavy atom. The van der Waals surface area contributed by atoms with E-state index in [1.165, 1.54) is 0 Å². The number of halogens is 2. The van der Waals surface area contributed by atoms with Gasteiger partial charge in [-0.25, -0.2) is 0 Å². The second kappa shape index (κ2) is 4.90. The molecule has 13 heavy (non-hydrogen) atoms. The first kappa shape index (κ1) is 12.0. The number of hydrogen-bond acceptors (Lipinski definition) is 2. The van der Waals surface area contributed by atoms with Gasteiger partial charge in [0.05, 0.1) is 0 Å². The Bertz CT molecular complexity index is 385. The maximum atomic E-state index is 5.72. The zero-order chi connectivity index (χ0) is 7.68. The third-order valence-electron chi connectivity index (χ3n) is 1.72. The van der Waals surface area contributed by atoms with Crippen LogP contribution in [0.25, 0.3) is 10.8 Å². The number of nitrogens with two attached hydrogens (primary N) is 1. The molecule has 4 heteroatoms. The number of benzene rings is 1. The van der Waals surface area contributed by atoms with Crippen LogP contribution in [0, 0.1) is 0 Å². The van der Waals surface area contributed by atoms with Gasteiger partial charge in [-0.1, -0.05) is 12.1 Å². The fraction of sp³-hybridized carbons (Fsp3) is 0. The largest absolute Gasteiger partial charge is 0.398 e. The number of rotatable bonds is 0. The average Bonchev–Trinajstić information content (AvgIpc) is 2.06. The summed E-state index contributed by atoms with van der Waals surface area (Å²) in [7, 11) is 0. The molecule has 1 aromatic carbocycles. The molecular formula is C9H10Cl2N2. The Morgan fingerprint density at radius 2 is 1.85 bits per heavy atom. The van der Waals surface area contributed by atoms with Gasteiger partial charge in [0.15, 0.2) is 0 Å². The molecule has 0 bridgehead atoms. The van der Waals surface area contributed by atoms with Gasteiger partial charge in [0.1, 0.15) is 0 Å². The molecule has 0 saturated heterocycles. The highest BCUT2D eigenvalue weighted by Crippen LogP contribution is 2.18. The minimum atomic E-state index is 0. The molecule has 2 nitrogen and oxygen atoms in total. The summed E-state index contributed by atoms with van der Waals surface area (Å²) in [5, 5.41) is 2.16. The predicted molar refractivity (Wildman–Crippen MR) is 60.7 cm³/mol. The summed E-state index contributed by atoms with van der Waals surface area (Å²) >= 11 is 0. The summed E-state index contributed by atoms with van der Waals surface area (Å²) in [6.07, 6.45) is 3.55. The van der Waals surface area contributed by atoms with Crippen molar-refractivity contribution in [3.05, 3.63) is 36.7 Å². The molecule has 70 valence electrons. The van der Waals surface area contributed by atoms with Crippen LogP contribution in [-0.2, 0) is 0 Å². The zero-order valence-electron chi connectivity index (χ0n) is 6.81. The van der Waals surface area contributed by atoms with Crippen LogP contribution >= 0.6 is 24.8 Å². The predicted octanol–water partition coefficient (Wildman–Crippen LogP) is 2.66. The van der Waals surface area contributed by atoms with Crippen molar-refractivity contribution >= 4 is 41.3 Å². The number of nitrogens with zero attached hydrogens (tertiary/aromatic N) is 1. The van der Waals surface area contributed by atoms with Crippen LogP contribution in [0.5, 0.6) is 0 Å². The van der Waals surface area contributed by atoms with Gasteiger partial charge >= 0.3 is 0 Å². The summed E-state index contributed by atoms with van der Waals surface area (Å²) in [6, 6.07) is 7.79. The number of nitrogen functional groups attached to an aromatic ring is 1. The Hall–Kier alpha value is -0.990. The van der Waals surface area contributed by atoms with E-state index in [1.807, 2.05) is 24.3 Å². The van der Waals surface area contributed by atoms with Gasteiger partial charge in [0.2, 0.25) is 0 Å². The lowest BCUT2D eigenvalue weighted by molar-refractivity contribution is 1.36. The van der Waals surface area contributed by atoms with Crippen LogP contribution in [0.15, 0.2) is 36.7 Å². The number of fused-ring (bicyclic) bond motifs is 1. The smallest absolute Gasteiger partial charge is 0.0409 e. The first-order valence-corrected chi connectivity index (χ1v) is 3.46. The van der Waals surface area contributed by atoms with Gasteiger partial charge in [0.25, 0.3) is 0 Å². The lowest BCUT2D eigenvalue weighted by atomic mass is 10.1. The summed E-state index contributed by atoms with van der Waals surface area (Å²) < 4.78 is 0. The van der Waals surface area contributed by atoms with Crippen LogP contribution in [0.1, 0.15) is 0 Å². The van der Waals surface area contributed by atoms with Crippen molar-refractivity contribution in [1.82, 2.24) is 4.98 Å². The van der Waals surface area contributed by atoms with Crippen molar-refractivity contribution in [3.8, 4) is 0 Å². The molecule has 0 unspecified atom stereocenters. The van der Waals surface area contributed by atoms with Crippen molar-refractivity contribution in [3.63, 3.8) is 0 Å². The van der Waals surface area contributed by atoms with Crippen molar-refractivity contribution in [2.24, 2.45) is 0 Å². The first-order chi connectivity index (χ1) is 5.38. The molecule has 2 rings (SSSR count). The molecule has 0 spiro atoms. The van der Waals surface area contributed by atoms with Crippen molar-refractivity contribution in [2.75, 3.05) is 5.73 Å². The maximum absolute atomic E-state index is 5.72. The van der Waals surface area contributed by atoms with Crippen LogP contribution in [-0.4, -0.2) is 4.98 Å². The number of hydrogen-bond donors (Lipinski definition) is 1. The van der Waals surface area contributed by atoms with Crippen LogP contribution in [0.4, 0.5) is 5.69 Å². The van der Waals surface area contributed by atoms with Crippen molar-refractivity contribution in [1.29, 1.82) is 0 Å². The van der Waals surface area contributed by atoms with E-state index in [-0.39, 0.29) is 24.8 Å². The Balaban J connectivity index is 0.000000720. The molecule has 0 amide bonds. The minimum Gasteiger partial charge on any atom is -0.398 e. The quantitative estimate of drug-likeness (QED) is 0.689. The average molecular weight is 217 g/mol. The summed E-state index contributed by atoms with van der Waals surface area (Å²) in [6.45, 7) is 0. The number of anilines is 1. The van der Waals surface area contributed by atoms with Gasteiger partial charge in [-0.3, -0.25) is 4.98 Å². The van der Waals surface area contributed by atoms with Crippen molar-refractivity contribution < 1.29 is 0 Å². The minimum absolute atomic E-state index is 0. The Labute approximate surface area is 89.0 Å². The molecule has 0 radical (unpaired) electrons. The van der Waals surface area contributed by atoms with E-state index >= 15 is 0 Å². The van der Waals surface area contributed by atoms with E-state index in [0.717, 1.165) is 16.5 Å². The molecule has 1 aromatic heterocycles. The third kappa shape index (κ3) is 2.23. The Morgan fingerprint density at radius 3 is 2.54 bits per heavy atom. The molecule has 0 saturated carbocycles. The second-order valence-electron chi connectivity index (χ2n) is 2.44. The maximum Gasteiger partial charge on any atom is 0.0409 e. The third-order valence-corrected chi connectivity index (χ3v) is 1.72. The molecule has 2 aromatic rings. The van der Waals surface area contributed by atoms with Crippen LogP contribution in [0.3, 0.4) is 0 Å². The van der Waals surface area contributed by atoms with E-state index in [9.17, 15) is 0 Å². The normalized spacial score (nSPS) is 8.62. The van der Waals surface area contributed by atoms with Gasteiger partial charge in [-0.15, -0.1) is 24.8 Å². The lowest BCUT2D eigenvalue weighted by Gasteiger charge is -1.98. The molecule has 0 atom stereocenters. The molecule has 0 aliphatic carbocycles. The highest BCUT2D eigenvalue weighted by molar-refractivity contribution is 5.91. The summed E-state index contributed by atoms with van der Waals surface area (Å²) in [4.78, 5) is 3.99. The van der Waals surface area contributed by atoms with E-state index in [1.54, 1.807) is 12.4 Å². The fourth-order valence-corrected chi connectivity index (χ4v) is 1.14. The highest BCUT2D eigenvalue weighted by Gasteiger charge is 1.93. The van der Waals surface area contributed by atoms with Gasteiger partial charge in [0, 0.05) is 23.5 Å². The number of pyridine rings is 1. The van der Waals surface area contributed by atoms with E-state index in [0.29, 0.717) is 0 Å². The number of aromatic nitrogens is 1. The van der Waals surface area contributed by atoms with Gasteiger partial charge in [-0.05, 0) is 17.5 Å². The zero-order valence-corrected chi connectivity index (χ0v) is 8.44. The van der Waals surface area contributed by atoms with Crippen LogP contribution < -0.4 is 5.73 Å². The molecular weight excluding hydrogens is 207 g/mol. The molecule has 2 N–H and O–H groups in total. The Kier molecular flexibility index (Phi) is 4.52. The van der Waals surface area contributed by atoms with E-state index in [4.69, 9.17) is 5.73 Å². The molecule has 0 aliphatic heterocycles. The van der Waals surface area contributed by atoms with Crippen molar-refractivity contribution in [2.45, 2.75) is 0 Å². The highest BCUT2D eigenvalue weighted by atomic mass is 35.5. The van der Waals surface area contributed by atoms with Gasteiger partial charge in [-0.2, -0.15) is 0 Å². The van der Waals surface area contributed by atoms with E-state index < -0.39 is 0 Å². The standard InChI is InChI=1S/C9H8N2.2ClH/c10-9-3-1-2-7-4-5-11-6-8(7)9;;/h1-6H,10H2;2*1H. The molecule has 1 heterocycles. The summed E-state index contributed by atoms with van der Waals surface area (Å²) in [5.74, 6) is 0. The molecule has 0 aliphatic rings. The lowest BCUT2D eigenvalue weighted by Crippen LogP contribution is -1.86. The first-order valence-electron chi connectivity index (χ1n) is 3.46. The second-order valence-corrected chi connectivity index (χ2v) is 2.44. The van der Waals surface area contributed by atoms with E-state index in [2.05, 4.69) is 4.98 Å².